The summed E-state index contributed by atoms with van der Waals surface area (Å²) in [6, 6.07) is 6.94. The van der Waals surface area contributed by atoms with Gasteiger partial charge in [0.05, 0.1) is 18.9 Å². The van der Waals surface area contributed by atoms with Gasteiger partial charge in [-0.2, -0.15) is 0 Å². The summed E-state index contributed by atoms with van der Waals surface area (Å²) in [4.78, 5) is 13.3. The zero-order chi connectivity index (χ0) is 11.4. The molecular formula is C11H14N2O3. The normalized spacial score (nSPS) is 15.9. The van der Waals surface area contributed by atoms with Crippen LogP contribution in [0.5, 0.6) is 5.75 Å². The van der Waals surface area contributed by atoms with Crippen LogP contribution in [0.15, 0.2) is 24.3 Å². The summed E-state index contributed by atoms with van der Waals surface area (Å²) in [6.45, 7) is 2.23. The molecule has 1 fully saturated rings. The molecule has 0 radical (unpaired) electrons. The highest BCUT2D eigenvalue weighted by atomic mass is 16.6. The van der Waals surface area contributed by atoms with E-state index in [2.05, 4.69) is 0 Å². The Labute approximate surface area is 93.7 Å². The number of amides is 1. The highest BCUT2D eigenvalue weighted by Gasteiger charge is 2.19. The minimum Gasteiger partial charge on any atom is -0.408 e. The molecule has 1 aromatic carbocycles. The first-order chi connectivity index (χ1) is 7.77. The maximum atomic E-state index is 11.7. The van der Waals surface area contributed by atoms with Crippen LogP contribution < -0.4 is 10.5 Å². The van der Waals surface area contributed by atoms with Gasteiger partial charge in [0.25, 0.3) is 0 Å². The monoisotopic (exact) mass is 222 g/mol. The van der Waals surface area contributed by atoms with Gasteiger partial charge in [-0.25, -0.2) is 4.79 Å². The van der Waals surface area contributed by atoms with Gasteiger partial charge in [-0.05, 0) is 12.1 Å². The molecule has 86 valence electrons. The van der Waals surface area contributed by atoms with E-state index in [1.165, 1.54) is 0 Å². The quantitative estimate of drug-likeness (QED) is 0.723. The third-order valence-electron chi connectivity index (χ3n) is 2.39. The van der Waals surface area contributed by atoms with Gasteiger partial charge in [0.1, 0.15) is 0 Å². The molecule has 1 aromatic rings. The molecule has 2 N–H and O–H groups in total. The van der Waals surface area contributed by atoms with Crippen LogP contribution in [-0.2, 0) is 4.74 Å². The number of anilines is 1. The lowest BCUT2D eigenvalue weighted by molar-refractivity contribution is 0.0416. The standard InChI is InChI=1S/C11H14N2O3/c12-9-3-1-2-4-10(9)16-11(14)13-5-7-15-8-6-13/h1-4H,5-8,12H2. The van der Waals surface area contributed by atoms with Crippen LogP contribution >= 0.6 is 0 Å². The molecule has 0 aliphatic carbocycles. The SMILES string of the molecule is Nc1ccccc1OC(=O)N1CCOCC1. The predicted octanol–water partition coefficient (Wildman–Crippen LogP) is 1.10. The highest BCUT2D eigenvalue weighted by molar-refractivity contribution is 5.73. The van der Waals surface area contributed by atoms with Crippen LogP contribution in [0.4, 0.5) is 10.5 Å². The zero-order valence-corrected chi connectivity index (χ0v) is 8.89. The third-order valence-corrected chi connectivity index (χ3v) is 2.39. The highest BCUT2D eigenvalue weighted by Crippen LogP contribution is 2.20. The molecule has 1 aliphatic rings. The van der Waals surface area contributed by atoms with Crippen molar-refractivity contribution in [1.82, 2.24) is 4.90 Å². The zero-order valence-electron chi connectivity index (χ0n) is 8.89. The Balaban J connectivity index is 1.99. The fraction of sp³-hybridized carbons (Fsp3) is 0.364. The smallest absolute Gasteiger partial charge is 0.408 e. The summed E-state index contributed by atoms with van der Waals surface area (Å²) in [5, 5.41) is 0. The Hall–Kier alpha value is -1.75. The van der Waals surface area contributed by atoms with E-state index in [9.17, 15) is 4.79 Å². The molecule has 0 unspecified atom stereocenters. The van der Waals surface area contributed by atoms with Gasteiger partial charge in [0.15, 0.2) is 5.75 Å². The van der Waals surface area contributed by atoms with E-state index in [1.54, 1.807) is 29.2 Å². The lowest BCUT2D eigenvalue weighted by Gasteiger charge is -2.25. The molecule has 0 aromatic heterocycles. The van der Waals surface area contributed by atoms with Gasteiger partial charge >= 0.3 is 6.09 Å². The molecule has 16 heavy (non-hydrogen) atoms. The molecular weight excluding hydrogens is 208 g/mol. The van der Waals surface area contributed by atoms with Gasteiger partial charge in [-0.3, -0.25) is 0 Å². The Morgan fingerprint density at radius 3 is 2.69 bits per heavy atom. The number of nitrogens with zero attached hydrogens (tertiary/aromatic N) is 1. The number of ether oxygens (including phenoxy) is 2. The Kier molecular flexibility index (Phi) is 3.26. The van der Waals surface area contributed by atoms with Crippen LogP contribution in [0.2, 0.25) is 0 Å². The lowest BCUT2D eigenvalue weighted by atomic mass is 10.3. The molecule has 5 nitrogen and oxygen atoms in total. The molecule has 0 saturated carbocycles. The number of nitrogen functional groups attached to an aromatic ring is 1. The van der Waals surface area contributed by atoms with E-state index in [0.717, 1.165) is 0 Å². The molecule has 2 rings (SSSR count). The number of rotatable bonds is 1. The van der Waals surface area contributed by atoms with E-state index >= 15 is 0 Å². The van der Waals surface area contributed by atoms with Crippen molar-refractivity contribution in [2.75, 3.05) is 32.0 Å². The van der Waals surface area contributed by atoms with E-state index in [-0.39, 0.29) is 6.09 Å². The topological polar surface area (TPSA) is 64.8 Å². The molecule has 0 bridgehead atoms. The van der Waals surface area contributed by atoms with E-state index in [0.29, 0.717) is 37.7 Å². The number of carbonyl (C=O) groups is 1. The molecule has 5 heteroatoms. The number of benzene rings is 1. The maximum Gasteiger partial charge on any atom is 0.415 e. The number of hydrogen-bond acceptors (Lipinski definition) is 4. The number of para-hydroxylation sites is 2. The van der Waals surface area contributed by atoms with Crippen molar-refractivity contribution in [2.45, 2.75) is 0 Å². The summed E-state index contributed by atoms with van der Waals surface area (Å²) < 4.78 is 10.3. The molecule has 0 atom stereocenters. The van der Waals surface area contributed by atoms with Crippen molar-refractivity contribution >= 4 is 11.8 Å². The van der Waals surface area contributed by atoms with Gasteiger partial charge in [-0.15, -0.1) is 0 Å². The van der Waals surface area contributed by atoms with Crippen LogP contribution in [0.1, 0.15) is 0 Å². The second-order valence-electron chi connectivity index (χ2n) is 3.51. The van der Waals surface area contributed by atoms with Crippen molar-refractivity contribution < 1.29 is 14.3 Å². The van der Waals surface area contributed by atoms with Crippen molar-refractivity contribution in [2.24, 2.45) is 0 Å². The van der Waals surface area contributed by atoms with Crippen molar-refractivity contribution in [3.63, 3.8) is 0 Å². The largest absolute Gasteiger partial charge is 0.415 e. The summed E-state index contributed by atoms with van der Waals surface area (Å²) in [7, 11) is 0. The first-order valence-electron chi connectivity index (χ1n) is 5.16. The van der Waals surface area contributed by atoms with E-state index < -0.39 is 0 Å². The van der Waals surface area contributed by atoms with Crippen LogP contribution in [0, 0.1) is 0 Å². The first kappa shape index (κ1) is 10.8. The Morgan fingerprint density at radius 1 is 1.31 bits per heavy atom. The number of hydrogen-bond donors (Lipinski definition) is 1. The molecule has 1 aliphatic heterocycles. The van der Waals surface area contributed by atoms with Gasteiger partial charge in [0, 0.05) is 13.1 Å². The van der Waals surface area contributed by atoms with Crippen molar-refractivity contribution in [1.29, 1.82) is 0 Å². The number of nitrogens with two attached hydrogens (primary N) is 1. The Morgan fingerprint density at radius 2 is 2.00 bits per heavy atom. The van der Waals surface area contributed by atoms with Gasteiger partial charge < -0.3 is 20.1 Å². The second kappa shape index (κ2) is 4.85. The fourth-order valence-corrected chi connectivity index (χ4v) is 1.48. The van der Waals surface area contributed by atoms with Crippen LogP contribution in [0.25, 0.3) is 0 Å². The molecule has 1 amide bonds. The average Bonchev–Trinajstić information content (AvgIpc) is 2.33. The van der Waals surface area contributed by atoms with E-state index in [4.69, 9.17) is 15.2 Å². The average molecular weight is 222 g/mol. The van der Waals surface area contributed by atoms with Gasteiger partial charge in [-0.1, -0.05) is 12.1 Å². The molecule has 0 spiro atoms. The van der Waals surface area contributed by atoms with Crippen molar-refractivity contribution in [3.8, 4) is 5.75 Å². The predicted molar refractivity (Wildman–Crippen MR) is 59.3 cm³/mol. The maximum absolute atomic E-state index is 11.7. The number of morpholine rings is 1. The minimum absolute atomic E-state index is 0.374. The fourth-order valence-electron chi connectivity index (χ4n) is 1.48. The second-order valence-corrected chi connectivity index (χ2v) is 3.51. The minimum atomic E-state index is -0.374. The summed E-state index contributed by atoms with van der Waals surface area (Å²) in [5.41, 5.74) is 6.14. The Bertz CT molecular complexity index is 375. The third kappa shape index (κ3) is 2.43. The number of carbonyl (C=O) groups excluding carboxylic acids is 1. The summed E-state index contributed by atoms with van der Waals surface area (Å²) in [6.07, 6.45) is -0.374. The summed E-state index contributed by atoms with van der Waals surface area (Å²) >= 11 is 0. The van der Waals surface area contributed by atoms with Gasteiger partial charge in [0.2, 0.25) is 0 Å². The van der Waals surface area contributed by atoms with Crippen LogP contribution in [-0.4, -0.2) is 37.3 Å². The lowest BCUT2D eigenvalue weighted by Crippen LogP contribution is -2.42. The molecule has 1 heterocycles. The molecule has 1 saturated heterocycles. The van der Waals surface area contributed by atoms with E-state index in [1.807, 2.05) is 0 Å². The first-order valence-corrected chi connectivity index (χ1v) is 5.16. The van der Waals surface area contributed by atoms with Crippen LogP contribution in [0.3, 0.4) is 0 Å². The summed E-state index contributed by atoms with van der Waals surface area (Å²) in [5.74, 6) is 0.402. The van der Waals surface area contributed by atoms with Crippen molar-refractivity contribution in [3.05, 3.63) is 24.3 Å².